The fourth-order valence-corrected chi connectivity index (χ4v) is 4.03. The molecule has 2 saturated heterocycles. The van der Waals surface area contributed by atoms with Crippen molar-refractivity contribution < 1.29 is 4.79 Å². The number of fused-ring (bicyclic) bond motifs is 1. The zero-order chi connectivity index (χ0) is 16.2. The highest BCUT2D eigenvalue weighted by Crippen LogP contribution is 2.24. The van der Waals surface area contributed by atoms with Crippen LogP contribution in [0.3, 0.4) is 0 Å². The number of primary amides is 1. The molecule has 0 aromatic heterocycles. The molecule has 3 rings (SSSR count). The number of piperazine rings is 1. The standard InChI is InChI=1S/C18H26ClN3O/c19-15-6-4-14(5-7-15)17(18(20)23)8-10-21-11-12-22-9-2-1-3-16(22)13-21/h4-7,16-17H,1-3,8-13H2,(H2,20,23). The van der Waals surface area contributed by atoms with Gasteiger partial charge in [0.25, 0.3) is 0 Å². The topological polar surface area (TPSA) is 49.6 Å². The lowest BCUT2D eigenvalue weighted by atomic mass is 9.94. The molecule has 0 aliphatic carbocycles. The van der Waals surface area contributed by atoms with Crippen LogP contribution in [0.4, 0.5) is 0 Å². The number of hydrogen-bond acceptors (Lipinski definition) is 3. The minimum Gasteiger partial charge on any atom is -0.369 e. The Balaban J connectivity index is 1.57. The number of halogens is 1. The predicted molar refractivity (Wildman–Crippen MR) is 93.7 cm³/mol. The van der Waals surface area contributed by atoms with E-state index in [2.05, 4.69) is 9.80 Å². The van der Waals surface area contributed by atoms with E-state index in [4.69, 9.17) is 17.3 Å². The van der Waals surface area contributed by atoms with Gasteiger partial charge in [-0.3, -0.25) is 9.69 Å². The van der Waals surface area contributed by atoms with Crippen molar-refractivity contribution in [3.05, 3.63) is 34.9 Å². The van der Waals surface area contributed by atoms with Gasteiger partial charge in [-0.2, -0.15) is 0 Å². The summed E-state index contributed by atoms with van der Waals surface area (Å²) in [6.07, 6.45) is 4.79. The van der Waals surface area contributed by atoms with Gasteiger partial charge in [-0.15, -0.1) is 0 Å². The van der Waals surface area contributed by atoms with E-state index in [-0.39, 0.29) is 11.8 Å². The second-order valence-electron chi connectivity index (χ2n) is 6.78. The summed E-state index contributed by atoms with van der Waals surface area (Å²) in [6, 6.07) is 8.19. The molecule has 1 aromatic carbocycles. The van der Waals surface area contributed by atoms with Crippen LogP contribution in [0.25, 0.3) is 0 Å². The maximum Gasteiger partial charge on any atom is 0.225 e. The highest BCUT2D eigenvalue weighted by Gasteiger charge is 2.29. The number of rotatable bonds is 5. The van der Waals surface area contributed by atoms with E-state index in [1.54, 1.807) is 0 Å². The van der Waals surface area contributed by atoms with Crippen molar-refractivity contribution >= 4 is 17.5 Å². The number of benzene rings is 1. The molecule has 23 heavy (non-hydrogen) atoms. The third kappa shape index (κ3) is 4.25. The normalized spacial score (nSPS) is 24.1. The summed E-state index contributed by atoms with van der Waals surface area (Å²) in [5.41, 5.74) is 6.60. The Bertz CT molecular complexity index is 534. The Morgan fingerprint density at radius 1 is 1.22 bits per heavy atom. The van der Waals surface area contributed by atoms with Gasteiger partial charge >= 0.3 is 0 Å². The summed E-state index contributed by atoms with van der Waals surface area (Å²) in [5, 5.41) is 0.686. The Morgan fingerprint density at radius 2 is 2.00 bits per heavy atom. The molecule has 0 bridgehead atoms. The number of piperidine rings is 1. The molecule has 1 aromatic rings. The molecule has 0 radical (unpaired) electrons. The van der Waals surface area contributed by atoms with Crippen molar-refractivity contribution in [2.45, 2.75) is 37.6 Å². The zero-order valence-corrected chi connectivity index (χ0v) is 14.3. The molecule has 0 spiro atoms. The van der Waals surface area contributed by atoms with E-state index in [0.29, 0.717) is 11.1 Å². The van der Waals surface area contributed by atoms with Crippen LogP contribution < -0.4 is 5.73 Å². The summed E-state index contributed by atoms with van der Waals surface area (Å²) in [4.78, 5) is 17.0. The van der Waals surface area contributed by atoms with E-state index >= 15 is 0 Å². The number of nitrogens with zero attached hydrogens (tertiary/aromatic N) is 2. The number of carbonyl (C=O) groups excluding carboxylic acids is 1. The smallest absolute Gasteiger partial charge is 0.225 e. The van der Waals surface area contributed by atoms with Gasteiger partial charge in [0, 0.05) is 30.7 Å². The second kappa shape index (κ2) is 7.65. The third-order valence-corrected chi connectivity index (χ3v) is 5.52. The first-order chi connectivity index (χ1) is 11.1. The first-order valence-corrected chi connectivity index (χ1v) is 9.02. The number of amides is 1. The van der Waals surface area contributed by atoms with Crippen molar-refractivity contribution in [1.82, 2.24) is 9.80 Å². The SMILES string of the molecule is NC(=O)C(CCN1CCN2CCCCC2C1)c1ccc(Cl)cc1. The maximum absolute atomic E-state index is 11.8. The van der Waals surface area contributed by atoms with Crippen molar-refractivity contribution in [1.29, 1.82) is 0 Å². The van der Waals surface area contributed by atoms with Gasteiger partial charge in [0.05, 0.1) is 5.92 Å². The molecule has 1 amide bonds. The van der Waals surface area contributed by atoms with Crippen LogP contribution >= 0.6 is 11.6 Å². The number of carbonyl (C=O) groups is 1. The van der Waals surface area contributed by atoms with Crippen LogP contribution in [-0.4, -0.2) is 54.5 Å². The molecule has 2 aliphatic rings. The summed E-state index contributed by atoms with van der Waals surface area (Å²) in [7, 11) is 0. The first kappa shape index (κ1) is 16.7. The number of nitrogens with two attached hydrogens (primary N) is 1. The lowest BCUT2D eigenvalue weighted by Gasteiger charge is -2.44. The Kier molecular flexibility index (Phi) is 5.57. The summed E-state index contributed by atoms with van der Waals surface area (Å²) in [6.45, 7) is 5.58. The quantitative estimate of drug-likeness (QED) is 0.899. The first-order valence-electron chi connectivity index (χ1n) is 8.64. The van der Waals surface area contributed by atoms with Crippen molar-refractivity contribution in [2.75, 3.05) is 32.7 Å². The molecule has 0 saturated carbocycles. The average molecular weight is 336 g/mol. The molecule has 2 N–H and O–H groups in total. The molecule has 2 unspecified atom stereocenters. The minimum atomic E-state index is -0.247. The van der Waals surface area contributed by atoms with Crippen LogP contribution in [-0.2, 0) is 4.79 Å². The van der Waals surface area contributed by atoms with Crippen LogP contribution in [0.15, 0.2) is 24.3 Å². The Labute approximate surface area is 143 Å². The Hall–Kier alpha value is -1.10. The fraction of sp³-hybridized carbons (Fsp3) is 0.611. The van der Waals surface area contributed by atoms with Crippen molar-refractivity contribution in [3.8, 4) is 0 Å². The Morgan fingerprint density at radius 3 is 2.74 bits per heavy atom. The van der Waals surface area contributed by atoms with Crippen LogP contribution in [0.5, 0.6) is 0 Å². The van der Waals surface area contributed by atoms with E-state index in [1.807, 2.05) is 24.3 Å². The van der Waals surface area contributed by atoms with E-state index < -0.39 is 0 Å². The lowest BCUT2D eigenvalue weighted by molar-refractivity contribution is -0.119. The van der Waals surface area contributed by atoms with E-state index in [9.17, 15) is 4.79 Å². The molecule has 126 valence electrons. The highest BCUT2D eigenvalue weighted by molar-refractivity contribution is 6.30. The molecule has 4 nitrogen and oxygen atoms in total. The molecule has 5 heteroatoms. The van der Waals surface area contributed by atoms with E-state index in [0.717, 1.165) is 38.2 Å². The molecule has 2 fully saturated rings. The monoisotopic (exact) mass is 335 g/mol. The lowest BCUT2D eigenvalue weighted by Crippen LogP contribution is -2.55. The van der Waals surface area contributed by atoms with Gasteiger partial charge in [0.1, 0.15) is 0 Å². The molecular weight excluding hydrogens is 310 g/mol. The van der Waals surface area contributed by atoms with Gasteiger partial charge in [-0.05, 0) is 50.0 Å². The van der Waals surface area contributed by atoms with Gasteiger partial charge in [0.15, 0.2) is 0 Å². The minimum absolute atomic E-state index is 0.225. The predicted octanol–water partition coefficient (Wildman–Crippen LogP) is 2.47. The summed E-state index contributed by atoms with van der Waals surface area (Å²) < 4.78 is 0. The van der Waals surface area contributed by atoms with E-state index in [1.165, 1.54) is 25.8 Å². The average Bonchev–Trinajstić information content (AvgIpc) is 2.56. The van der Waals surface area contributed by atoms with Crippen molar-refractivity contribution in [3.63, 3.8) is 0 Å². The van der Waals surface area contributed by atoms with Crippen LogP contribution in [0.1, 0.15) is 37.2 Å². The number of hydrogen-bond donors (Lipinski definition) is 1. The van der Waals surface area contributed by atoms with Crippen molar-refractivity contribution in [2.24, 2.45) is 5.73 Å². The molecular formula is C18H26ClN3O. The summed E-state index contributed by atoms with van der Waals surface area (Å²) in [5.74, 6) is -0.472. The summed E-state index contributed by atoms with van der Waals surface area (Å²) >= 11 is 5.93. The highest BCUT2D eigenvalue weighted by atomic mass is 35.5. The van der Waals surface area contributed by atoms with Gasteiger partial charge in [-0.25, -0.2) is 0 Å². The van der Waals surface area contributed by atoms with Gasteiger partial charge in [0.2, 0.25) is 5.91 Å². The largest absolute Gasteiger partial charge is 0.369 e. The molecule has 2 atom stereocenters. The van der Waals surface area contributed by atoms with Gasteiger partial charge < -0.3 is 10.6 Å². The zero-order valence-electron chi connectivity index (χ0n) is 13.6. The molecule has 2 aliphatic heterocycles. The fourth-order valence-electron chi connectivity index (χ4n) is 3.90. The van der Waals surface area contributed by atoms with Crippen LogP contribution in [0.2, 0.25) is 5.02 Å². The van der Waals surface area contributed by atoms with Gasteiger partial charge in [-0.1, -0.05) is 30.2 Å². The third-order valence-electron chi connectivity index (χ3n) is 5.27. The van der Waals surface area contributed by atoms with Crippen LogP contribution in [0, 0.1) is 0 Å². The molecule has 2 heterocycles. The second-order valence-corrected chi connectivity index (χ2v) is 7.22. The maximum atomic E-state index is 11.8.